The molecule has 0 heterocycles. The number of thioether (sulfide) groups is 1. The lowest BCUT2D eigenvalue weighted by Gasteiger charge is -2.18. The van der Waals surface area contributed by atoms with E-state index in [1.807, 2.05) is 37.3 Å². The van der Waals surface area contributed by atoms with Crippen molar-refractivity contribution in [3.05, 3.63) is 167 Å². The van der Waals surface area contributed by atoms with Crippen molar-refractivity contribution in [3.63, 3.8) is 0 Å². The second kappa shape index (κ2) is 18.1. The summed E-state index contributed by atoms with van der Waals surface area (Å²) in [6.07, 6.45) is 3.19. The Hall–Kier alpha value is -6.00. The molecule has 3 N–H and O–H groups in total. The summed E-state index contributed by atoms with van der Waals surface area (Å²) in [5, 5.41) is 7.80. The zero-order valence-corrected chi connectivity index (χ0v) is 28.6. The Labute approximate surface area is 300 Å². The molecule has 0 spiro atoms. The second-order valence-electron chi connectivity index (χ2n) is 11.4. The first-order valence-corrected chi connectivity index (χ1v) is 17.2. The highest BCUT2D eigenvalue weighted by atomic mass is 32.2. The molecule has 258 valence electrons. The molecular weight excluding hydrogens is 666 g/mol. The van der Waals surface area contributed by atoms with Gasteiger partial charge in [0.05, 0.1) is 12.2 Å². The van der Waals surface area contributed by atoms with Crippen molar-refractivity contribution in [2.24, 2.45) is 0 Å². The molecule has 0 fully saturated rings. The lowest BCUT2D eigenvalue weighted by molar-refractivity contribution is -0.116. The number of hydrogen-bond donors (Lipinski definition) is 3. The van der Waals surface area contributed by atoms with Crippen LogP contribution in [0.1, 0.15) is 56.9 Å². The number of nitrogens with one attached hydrogen (secondary N) is 3. The normalized spacial score (nSPS) is 11.6. The van der Waals surface area contributed by atoms with Crippen molar-refractivity contribution in [1.82, 2.24) is 5.32 Å². The lowest BCUT2D eigenvalue weighted by atomic mass is 10.1. The highest BCUT2D eigenvalue weighted by Gasteiger charge is 2.23. The summed E-state index contributed by atoms with van der Waals surface area (Å²) >= 11 is 1.33. The molecule has 0 saturated carbocycles. The number of amides is 3. The zero-order valence-electron chi connectivity index (χ0n) is 27.8. The van der Waals surface area contributed by atoms with Crippen molar-refractivity contribution in [1.29, 1.82) is 0 Å². The van der Waals surface area contributed by atoms with E-state index in [1.165, 1.54) is 42.1 Å². The van der Waals surface area contributed by atoms with Crippen molar-refractivity contribution < 1.29 is 28.3 Å². The molecule has 0 aliphatic heterocycles. The molecule has 8 nitrogen and oxygen atoms in total. The molecule has 0 radical (unpaired) electrons. The average molecular weight is 702 g/mol. The smallest absolute Gasteiger partial charge is 0.338 e. The van der Waals surface area contributed by atoms with Gasteiger partial charge < -0.3 is 20.7 Å². The Kier molecular flexibility index (Phi) is 12.9. The fourth-order valence-corrected chi connectivity index (χ4v) is 5.83. The van der Waals surface area contributed by atoms with Crippen LogP contribution >= 0.6 is 11.8 Å². The molecule has 1 atom stereocenters. The first kappa shape index (κ1) is 36.3. The van der Waals surface area contributed by atoms with Gasteiger partial charge in [0.2, 0.25) is 5.91 Å². The van der Waals surface area contributed by atoms with Crippen LogP contribution in [-0.4, -0.2) is 30.3 Å². The van der Waals surface area contributed by atoms with Crippen LogP contribution in [0, 0.1) is 5.82 Å². The summed E-state index contributed by atoms with van der Waals surface area (Å²) in [7, 11) is 0. The molecule has 0 bridgehead atoms. The molecule has 10 heteroatoms. The number of hydrogen-bond acceptors (Lipinski definition) is 6. The summed E-state index contributed by atoms with van der Waals surface area (Å²) in [5.41, 5.74) is 3.04. The van der Waals surface area contributed by atoms with Gasteiger partial charge in [0.25, 0.3) is 11.8 Å². The molecular formula is C41H36FN3O5S. The van der Waals surface area contributed by atoms with E-state index in [2.05, 4.69) is 16.0 Å². The molecule has 3 amide bonds. The van der Waals surface area contributed by atoms with Crippen molar-refractivity contribution in [2.75, 3.05) is 17.2 Å². The molecule has 5 rings (SSSR count). The highest BCUT2D eigenvalue weighted by Crippen LogP contribution is 2.37. The van der Waals surface area contributed by atoms with Gasteiger partial charge in [-0.2, -0.15) is 0 Å². The Morgan fingerprint density at radius 2 is 1.33 bits per heavy atom. The molecule has 51 heavy (non-hydrogen) atoms. The van der Waals surface area contributed by atoms with Gasteiger partial charge in [0.15, 0.2) is 0 Å². The van der Waals surface area contributed by atoms with Gasteiger partial charge in [-0.3, -0.25) is 14.4 Å². The maximum absolute atomic E-state index is 13.6. The van der Waals surface area contributed by atoms with Crippen LogP contribution in [0.2, 0.25) is 0 Å². The van der Waals surface area contributed by atoms with E-state index in [0.717, 1.165) is 23.3 Å². The topological polar surface area (TPSA) is 114 Å². The van der Waals surface area contributed by atoms with Crippen LogP contribution in [0.5, 0.6) is 0 Å². The van der Waals surface area contributed by atoms with Crippen molar-refractivity contribution in [2.45, 2.75) is 29.9 Å². The van der Waals surface area contributed by atoms with E-state index in [1.54, 1.807) is 78.9 Å². The predicted octanol–water partition coefficient (Wildman–Crippen LogP) is 8.66. The fourth-order valence-electron chi connectivity index (χ4n) is 4.81. The van der Waals surface area contributed by atoms with Gasteiger partial charge in [-0.15, -0.1) is 11.8 Å². The van der Waals surface area contributed by atoms with Gasteiger partial charge >= 0.3 is 5.97 Å². The van der Waals surface area contributed by atoms with E-state index in [-0.39, 0.29) is 11.6 Å². The Bertz CT molecular complexity index is 1970. The van der Waals surface area contributed by atoms with Gasteiger partial charge in [0, 0.05) is 21.8 Å². The largest absolute Gasteiger partial charge is 0.462 e. The third-order valence-electron chi connectivity index (χ3n) is 7.54. The third kappa shape index (κ3) is 10.7. The second-order valence-corrected chi connectivity index (χ2v) is 12.6. The van der Waals surface area contributed by atoms with Crippen LogP contribution < -0.4 is 16.0 Å². The number of halogens is 1. The maximum atomic E-state index is 13.6. The standard InChI is InChI=1S/C41H36FN3O5S/c1-2-3-26-50-41(49)31-16-20-33(21-17-31)44-40(48)37(29-10-6-4-7-11-29)51-35-24-22-34(23-25-35)43-39(47)36(27-28-14-18-32(42)19-15-28)45-38(46)30-12-8-5-9-13-30/h4-25,27,37H,2-3,26H2,1H3,(H,43,47)(H,44,48)(H,45,46)/b36-27-. The number of esters is 1. The highest BCUT2D eigenvalue weighted by molar-refractivity contribution is 8.00. The summed E-state index contributed by atoms with van der Waals surface area (Å²) in [6.45, 7) is 2.38. The molecule has 5 aromatic rings. The molecule has 0 aliphatic carbocycles. The number of anilines is 2. The van der Waals surface area contributed by atoms with Gasteiger partial charge in [-0.05, 0) is 96.4 Å². The number of benzene rings is 5. The quantitative estimate of drug-likeness (QED) is 0.0462. The van der Waals surface area contributed by atoms with E-state index in [9.17, 15) is 23.6 Å². The van der Waals surface area contributed by atoms with Crippen LogP contribution in [0.3, 0.4) is 0 Å². The lowest BCUT2D eigenvalue weighted by Crippen LogP contribution is -2.30. The van der Waals surface area contributed by atoms with E-state index < -0.39 is 28.9 Å². The molecule has 0 aromatic heterocycles. The molecule has 0 saturated heterocycles. The molecule has 0 aliphatic rings. The summed E-state index contributed by atoms with van der Waals surface area (Å²) in [5.74, 6) is -2.14. The van der Waals surface area contributed by atoms with E-state index >= 15 is 0 Å². The first-order valence-electron chi connectivity index (χ1n) is 16.3. The van der Waals surface area contributed by atoms with Crippen molar-refractivity contribution in [3.8, 4) is 0 Å². The Balaban J connectivity index is 1.28. The minimum atomic E-state index is -0.622. The van der Waals surface area contributed by atoms with Crippen LogP contribution in [0.25, 0.3) is 6.08 Å². The zero-order chi connectivity index (χ0) is 36.0. The van der Waals surface area contributed by atoms with Crippen LogP contribution in [-0.2, 0) is 14.3 Å². The van der Waals surface area contributed by atoms with E-state index in [0.29, 0.717) is 34.7 Å². The number of ether oxygens (including phenoxy) is 1. The number of unbranched alkanes of at least 4 members (excludes halogenated alkanes) is 1. The molecule has 5 aromatic carbocycles. The monoisotopic (exact) mass is 701 g/mol. The Morgan fingerprint density at radius 3 is 1.98 bits per heavy atom. The SMILES string of the molecule is CCCCOC(=O)c1ccc(NC(=O)C(Sc2ccc(NC(=O)/C(=C/c3ccc(F)cc3)NC(=O)c3ccccc3)cc2)c2ccccc2)cc1. The Morgan fingerprint density at radius 1 is 0.725 bits per heavy atom. The van der Waals surface area contributed by atoms with Crippen LogP contribution in [0.4, 0.5) is 15.8 Å². The van der Waals surface area contributed by atoms with Gasteiger partial charge in [-0.25, -0.2) is 9.18 Å². The summed E-state index contributed by atoms with van der Waals surface area (Å²) in [6, 6.07) is 36.9. The fraction of sp³-hybridized carbons (Fsp3) is 0.122. The minimum absolute atomic E-state index is 0.0313. The average Bonchev–Trinajstić information content (AvgIpc) is 3.16. The van der Waals surface area contributed by atoms with Gasteiger partial charge in [-0.1, -0.05) is 74.0 Å². The third-order valence-corrected chi connectivity index (χ3v) is 8.80. The van der Waals surface area contributed by atoms with Crippen LogP contribution in [0.15, 0.2) is 144 Å². The minimum Gasteiger partial charge on any atom is -0.462 e. The summed E-state index contributed by atoms with van der Waals surface area (Å²) < 4.78 is 18.8. The van der Waals surface area contributed by atoms with Gasteiger partial charge in [0.1, 0.15) is 16.8 Å². The number of carbonyl (C=O) groups excluding carboxylic acids is 4. The number of rotatable bonds is 14. The molecule has 1 unspecified atom stereocenters. The summed E-state index contributed by atoms with van der Waals surface area (Å²) in [4.78, 5) is 53.0. The predicted molar refractivity (Wildman–Crippen MR) is 199 cm³/mol. The first-order chi connectivity index (χ1) is 24.8. The van der Waals surface area contributed by atoms with E-state index in [4.69, 9.17) is 4.74 Å². The maximum Gasteiger partial charge on any atom is 0.338 e. The van der Waals surface area contributed by atoms with Crippen molar-refractivity contribution >= 4 is 52.9 Å². The number of carbonyl (C=O) groups is 4.